The van der Waals surface area contributed by atoms with E-state index in [2.05, 4.69) is 0 Å². The molecule has 2 atom stereocenters. The molecule has 0 bridgehead atoms. The number of piperidine rings is 1. The van der Waals surface area contributed by atoms with Gasteiger partial charge in [0.1, 0.15) is 0 Å². The standard InChI is InChI=1S/C7H14N2O2/c1-9-3-2-5(7(8)11)6(10)4-9/h5-6,10H,2-4H2,1H3,(H2,8,11)/t5?,6-/m0/s1. The highest BCUT2D eigenvalue weighted by molar-refractivity contribution is 5.77. The number of amides is 1. The number of nitrogens with two attached hydrogens (primary N) is 1. The molecule has 1 heterocycles. The average molecular weight is 158 g/mol. The van der Waals surface area contributed by atoms with Crippen molar-refractivity contribution in [2.75, 3.05) is 20.1 Å². The first kappa shape index (κ1) is 8.49. The van der Waals surface area contributed by atoms with E-state index in [0.717, 1.165) is 6.54 Å². The Morgan fingerprint density at radius 2 is 2.36 bits per heavy atom. The van der Waals surface area contributed by atoms with Gasteiger partial charge < -0.3 is 15.7 Å². The number of aliphatic hydroxyl groups is 1. The summed E-state index contributed by atoms with van der Waals surface area (Å²) >= 11 is 0. The highest BCUT2D eigenvalue weighted by atomic mass is 16.3. The van der Waals surface area contributed by atoms with Crippen molar-refractivity contribution >= 4 is 5.91 Å². The molecule has 1 saturated heterocycles. The van der Waals surface area contributed by atoms with E-state index >= 15 is 0 Å². The number of aliphatic hydroxyl groups excluding tert-OH is 1. The fraction of sp³-hybridized carbons (Fsp3) is 0.857. The van der Waals surface area contributed by atoms with Crippen LogP contribution in [0.25, 0.3) is 0 Å². The molecule has 0 aromatic rings. The minimum absolute atomic E-state index is 0.341. The van der Waals surface area contributed by atoms with Crippen molar-refractivity contribution in [3.05, 3.63) is 0 Å². The molecule has 0 saturated carbocycles. The van der Waals surface area contributed by atoms with Crippen molar-refractivity contribution in [3.8, 4) is 0 Å². The molecule has 1 rings (SSSR count). The number of hydrogen-bond acceptors (Lipinski definition) is 3. The second-order valence-corrected chi connectivity index (χ2v) is 3.13. The zero-order valence-electron chi connectivity index (χ0n) is 6.66. The van der Waals surface area contributed by atoms with E-state index in [0.29, 0.717) is 13.0 Å². The number of nitrogens with zero attached hydrogens (tertiary/aromatic N) is 1. The summed E-state index contributed by atoms with van der Waals surface area (Å²) in [5.74, 6) is -0.725. The van der Waals surface area contributed by atoms with Crippen molar-refractivity contribution in [1.29, 1.82) is 0 Å². The monoisotopic (exact) mass is 158 g/mol. The van der Waals surface area contributed by atoms with E-state index in [1.54, 1.807) is 0 Å². The highest BCUT2D eigenvalue weighted by Crippen LogP contribution is 2.15. The number of likely N-dealkylation sites (tertiary alicyclic amines) is 1. The van der Waals surface area contributed by atoms with Gasteiger partial charge in [-0.25, -0.2) is 0 Å². The third-order valence-electron chi connectivity index (χ3n) is 2.15. The Balaban J connectivity index is 2.50. The number of β-amino-alcohol motifs (C(OH)–C–C–N with tert-alkyl or cyclic N) is 1. The second-order valence-electron chi connectivity index (χ2n) is 3.13. The topological polar surface area (TPSA) is 66.6 Å². The summed E-state index contributed by atoms with van der Waals surface area (Å²) in [6, 6.07) is 0. The SMILES string of the molecule is CN1CCC(C(N)=O)[C@@H](O)C1. The van der Waals surface area contributed by atoms with Crippen LogP contribution in [0.3, 0.4) is 0 Å². The second kappa shape index (κ2) is 3.19. The van der Waals surface area contributed by atoms with Crippen molar-refractivity contribution < 1.29 is 9.90 Å². The lowest BCUT2D eigenvalue weighted by Crippen LogP contribution is -2.46. The van der Waals surface area contributed by atoms with Crippen LogP contribution in [0.5, 0.6) is 0 Å². The first-order chi connectivity index (χ1) is 5.11. The highest BCUT2D eigenvalue weighted by Gasteiger charge is 2.29. The lowest BCUT2D eigenvalue weighted by atomic mass is 9.94. The Kier molecular flexibility index (Phi) is 2.46. The van der Waals surface area contributed by atoms with Crippen LogP contribution < -0.4 is 5.73 Å². The lowest BCUT2D eigenvalue weighted by molar-refractivity contribution is -0.127. The summed E-state index contributed by atoms with van der Waals surface area (Å²) in [5.41, 5.74) is 5.09. The molecule has 0 aromatic carbocycles. The fourth-order valence-corrected chi connectivity index (χ4v) is 1.42. The van der Waals surface area contributed by atoms with Gasteiger partial charge in [-0.05, 0) is 20.0 Å². The maximum absolute atomic E-state index is 10.7. The third kappa shape index (κ3) is 1.91. The third-order valence-corrected chi connectivity index (χ3v) is 2.15. The fourth-order valence-electron chi connectivity index (χ4n) is 1.42. The van der Waals surface area contributed by atoms with Gasteiger partial charge in [0.2, 0.25) is 5.91 Å². The minimum Gasteiger partial charge on any atom is -0.391 e. The van der Waals surface area contributed by atoms with Crippen molar-refractivity contribution in [3.63, 3.8) is 0 Å². The average Bonchev–Trinajstić information content (AvgIpc) is 1.85. The number of likely N-dealkylation sites (N-methyl/N-ethyl adjacent to an activating group) is 1. The Labute approximate surface area is 66.0 Å². The number of rotatable bonds is 1. The van der Waals surface area contributed by atoms with Crippen LogP contribution in [-0.4, -0.2) is 42.2 Å². The molecule has 1 amide bonds. The molecule has 0 spiro atoms. The molecule has 4 nitrogen and oxygen atoms in total. The molecule has 4 heteroatoms. The summed E-state index contributed by atoms with van der Waals surface area (Å²) in [5, 5.41) is 9.37. The molecule has 3 N–H and O–H groups in total. The van der Waals surface area contributed by atoms with Crippen LogP contribution in [0.1, 0.15) is 6.42 Å². The van der Waals surface area contributed by atoms with Gasteiger partial charge in [0.25, 0.3) is 0 Å². The zero-order valence-corrected chi connectivity index (χ0v) is 6.66. The molecule has 1 aliphatic rings. The van der Waals surface area contributed by atoms with Gasteiger partial charge in [-0.1, -0.05) is 0 Å². The quantitative estimate of drug-likeness (QED) is 0.503. The van der Waals surface area contributed by atoms with Crippen molar-refractivity contribution in [2.45, 2.75) is 12.5 Å². The Morgan fingerprint density at radius 1 is 1.73 bits per heavy atom. The van der Waals surface area contributed by atoms with Gasteiger partial charge >= 0.3 is 0 Å². The smallest absolute Gasteiger partial charge is 0.223 e. The summed E-state index contributed by atoms with van der Waals surface area (Å²) in [6.07, 6.45) is 0.0961. The summed E-state index contributed by atoms with van der Waals surface area (Å²) in [6.45, 7) is 1.39. The van der Waals surface area contributed by atoms with Crippen molar-refractivity contribution in [2.24, 2.45) is 11.7 Å². The van der Waals surface area contributed by atoms with Gasteiger partial charge in [0, 0.05) is 6.54 Å². The van der Waals surface area contributed by atoms with Crippen LogP contribution in [0.15, 0.2) is 0 Å². The van der Waals surface area contributed by atoms with Gasteiger partial charge in [0.05, 0.1) is 12.0 Å². The van der Waals surface area contributed by atoms with Gasteiger partial charge in [0.15, 0.2) is 0 Å². The molecule has 1 fully saturated rings. The van der Waals surface area contributed by atoms with E-state index in [1.807, 2.05) is 11.9 Å². The summed E-state index contributed by atoms with van der Waals surface area (Å²) in [4.78, 5) is 12.7. The van der Waals surface area contributed by atoms with Crippen molar-refractivity contribution in [1.82, 2.24) is 4.90 Å². The zero-order chi connectivity index (χ0) is 8.43. The van der Waals surface area contributed by atoms with Gasteiger partial charge in [-0.15, -0.1) is 0 Å². The summed E-state index contributed by atoms with van der Waals surface area (Å²) < 4.78 is 0. The first-order valence-electron chi connectivity index (χ1n) is 3.77. The van der Waals surface area contributed by atoms with Crippen LogP contribution in [-0.2, 0) is 4.79 Å². The molecular weight excluding hydrogens is 144 g/mol. The predicted octanol–water partition coefficient (Wildman–Crippen LogP) is -1.22. The maximum atomic E-state index is 10.7. The molecule has 11 heavy (non-hydrogen) atoms. The number of carbonyl (C=O) groups excluding carboxylic acids is 1. The van der Waals surface area contributed by atoms with E-state index in [1.165, 1.54) is 0 Å². The number of hydrogen-bond donors (Lipinski definition) is 2. The predicted molar refractivity (Wildman–Crippen MR) is 40.8 cm³/mol. The Hall–Kier alpha value is -0.610. The van der Waals surface area contributed by atoms with Crippen LogP contribution in [0.2, 0.25) is 0 Å². The molecule has 0 radical (unpaired) electrons. The minimum atomic E-state index is -0.578. The van der Waals surface area contributed by atoms with Gasteiger partial charge in [-0.2, -0.15) is 0 Å². The van der Waals surface area contributed by atoms with E-state index in [9.17, 15) is 9.90 Å². The van der Waals surface area contributed by atoms with E-state index < -0.39 is 6.10 Å². The Bertz CT molecular complexity index is 161. The van der Waals surface area contributed by atoms with Crippen LogP contribution in [0.4, 0.5) is 0 Å². The van der Waals surface area contributed by atoms with E-state index in [-0.39, 0.29) is 11.8 Å². The normalized spacial score (nSPS) is 33.6. The number of primary amides is 1. The Morgan fingerprint density at radius 3 is 2.82 bits per heavy atom. The molecule has 0 aliphatic carbocycles. The van der Waals surface area contributed by atoms with E-state index in [4.69, 9.17) is 5.73 Å². The first-order valence-corrected chi connectivity index (χ1v) is 3.77. The maximum Gasteiger partial charge on any atom is 0.223 e. The molecule has 64 valence electrons. The lowest BCUT2D eigenvalue weighted by Gasteiger charge is -2.31. The number of carbonyl (C=O) groups is 1. The molecular formula is C7H14N2O2. The molecule has 1 aliphatic heterocycles. The van der Waals surface area contributed by atoms with Crippen LogP contribution >= 0.6 is 0 Å². The molecule has 1 unspecified atom stereocenters. The largest absolute Gasteiger partial charge is 0.391 e. The summed E-state index contributed by atoms with van der Waals surface area (Å²) in [7, 11) is 1.92. The van der Waals surface area contributed by atoms with Crippen LogP contribution in [0, 0.1) is 5.92 Å². The van der Waals surface area contributed by atoms with Gasteiger partial charge in [-0.3, -0.25) is 4.79 Å². The molecule has 0 aromatic heterocycles.